The average Bonchev–Trinajstić information content (AvgIpc) is 2.50. The first-order chi connectivity index (χ1) is 10.2. The van der Waals surface area contributed by atoms with Gasteiger partial charge in [0, 0.05) is 17.0 Å². The maximum atomic E-state index is 14.0. The minimum atomic E-state index is -0.397. The highest BCUT2D eigenvalue weighted by Gasteiger charge is 2.13. The third-order valence-corrected chi connectivity index (χ3v) is 3.50. The number of hydrogen-bond donors (Lipinski definition) is 1. The van der Waals surface area contributed by atoms with E-state index in [0.29, 0.717) is 29.4 Å². The van der Waals surface area contributed by atoms with Gasteiger partial charge in [-0.2, -0.15) is 0 Å². The van der Waals surface area contributed by atoms with E-state index in [9.17, 15) is 9.50 Å². The standard InChI is InChI=1S/C17H18ClFO2/c1-2-3-8-21-17-9-12(11-18)4-6-14(17)15-10-13(20)5-7-16(15)19/h4-7,9-10,20H,2-3,8,11H2,1H3. The zero-order valence-electron chi connectivity index (χ0n) is 11.9. The minimum Gasteiger partial charge on any atom is -0.508 e. The van der Waals surface area contributed by atoms with E-state index in [1.54, 1.807) is 6.07 Å². The van der Waals surface area contributed by atoms with Crippen molar-refractivity contribution in [3.05, 3.63) is 47.8 Å². The van der Waals surface area contributed by atoms with Crippen molar-refractivity contribution in [3.8, 4) is 22.6 Å². The van der Waals surface area contributed by atoms with Gasteiger partial charge >= 0.3 is 0 Å². The third kappa shape index (κ3) is 3.88. The molecule has 0 saturated carbocycles. The van der Waals surface area contributed by atoms with Gasteiger partial charge in [0.05, 0.1) is 6.61 Å². The molecule has 0 spiro atoms. The molecule has 0 aliphatic rings. The Hall–Kier alpha value is -1.74. The highest BCUT2D eigenvalue weighted by atomic mass is 35.5. The number of halogens is 2. The molecular formula is C17H18ClFO2. The second-order valence-electron chi connectivity index (χ2n) is 4.83. The number of benzene rings is 2. The normalized spacial score (nSPS) is 10.6. The number of ether oxygens (including phenoxy) is 1. The van der Waals surface area contributed by atoms with Crippen molar-refractivity contribution in [2.24, 2.45) is 0 Å². The summed E-state index contributed by atoms with van der Waals surface area (Å²) in [6.07, 6.45) is 1.94. The predicted molar refractivity (Wildman–Crippen MR) is 83.5 cm³/mol. The number of alkyl halides is 1. The molecule has 0 atom stereocenters. The molecule has 0 unspecified atom stereocenters. The highest BCUT2D eigenvalue weighted by molar-refractivity contribution is 6.17. The van der Waals surface area contributed by atoms with Crippen LogP contribution in [0.2, 0.25) is 0 Å². The van der Waals surface area contributed by atoms with Crippen LogP contribution in [0, 0.1) is 5.82 Å². The maximum Gasteiger partial charge on any atom is 0.131 e. The zero-order chi connectivity index (χ0) is 15.2. The van der Waals surface area contributed by atoms with Gasteiger partial charge in [0.25, 0.3) is 0 Å². The smallest absolute Gasteiger partial charge is 0.131 e. The van der Waals surface area contributed by atoms with Crippen LogP contribution in [-0.2, 0) is 5.88 Å². The lowest BCUT2D eigenvalue weighted by molar-refractivity contribution is 0.310. The molecule has 2 aromatic carbocycles. The summed E-state index contributed by atoms with van der Waals surface area (Å²) >= 11 is 5.85. The second-order valence-corrected chi connectivity index (χ2v) is 5.10. The summed E-state index contributed by atoms with van der Waals surface area (Å²) in [6.45, 7) is 2.64. The van der Waals surface area contributed by atoms with E-state index in [2.05, 4.69) is 6.92 Å². The van der Waals surface area contributed by atoms with E-state index in [1.165, 1.54) is 18.2 Å². The molecule has 0 amide bonds. The van der Waals surface area contributed by atoms with Crippen LogP contribution in [0.25, 0.3) is 11.1 Å². The van der Waals surface area contributed by atoms with Crippen LogP contribution in [0.4, 0.5) is 4.39 Å². The van der Waals surface area contributed by atoms with Gasteiger partial charge in [-0.05, 0) is 36.2 Å². The van der Waals surface area contributed by atoms with Crippen molar-refractivity contribution >= 4 is 11.6 Å². The van der Waals surface area contributed by atoms with Crippen molar-refractivity contribution in [2.45, 2.75) is 25.6 Å². The Morgan fingerprint density at radius 2 is 1.95 bits per heavy atom. The van der Waals surface area contributed by atoms with Crippen molar-refractivity contribution in [1.82, 2.24) is 0 Å². The summed E-state index contributed by atoms with van der Waals surface area (Å²) in [7, 11) is 0. The lowest BCUT2D eigenvalue weighted by Crippen LogP contribution is -1.99. The van der Waals surface area contributed by atoms with Crippen molar-refractivity contribution in [2.75, 3.05) is 6.61 Å². The van der Waals surface area contributed by atoms with Gasteiger partial charge in [-0.3, -0.25) is 0 Å². The Balaban J connectivity index is 2.43. The average molecular weight is 309 g/mol. The summed E-state index contributed by atoms with van der Waals surface area (Å²) in [5.41, 5.74) is 1.85. The summed E-state index contributed by atoms with van der Waals surface area (Å²) in [5, 5.41) is 9.58. The zero-order valence-corrected chi connectivity index (χ0v) is 12.7. The molecule has 0 fully saturated rings. The molecule has 1 N–H and O–H groups in total. The van der Waals surface area contributed by atoms with Crippen molar-refractivity contribution in [3.63, 3.8) is 0 Å². The summed E-state index contributed by atoms with van der Waals surface area (Å²) in [4.78, 5) is 0. The molecule has 21 heavy (non-hydrogen) atoms. The Labute approximate surface area is 129 Å². The fourth-order valence-corrected chi connectivity index (χ4v) is 2.20. The molecular weight excluding hydrogens is 291 g/mol. The number of aromatic hydroxyl groups is 1. The molecule has 4 heteroatoms. The fraction of sp³-hybridized carbons (Fsp3) is 0.294. The predicted octanol–water partition coefficient (Wildman–Crippen LogP) is 5.12. The molecule has 0 aromatic heterocycles. The summed E-state index contributed by atoms with van der Waals surface area (Å²) in [5.74, 6) is 0.581. The number of phenolic OH excluding ortho intramolecular Hbond substituents is 1. The molecule has 2 aromatic rings. The molecule has 0 saturated heterocycles. The second kappa shape index (κ2) is 7.32. The van der Waals surface area contributed by atoms with Gasteiger partial charge in [-0.15, -0.1) is 11.6 Å². The fourth-order valence-electron chi connectivity index (χ4n) is 2.04. The first-order valence-electron chi connectivity index (χ1n) is 6.96. The van der Waals surface area contributed by atoms with Gasteiger partial charge in [0.1, 0.15) is 17.3 Å². The van der Waals surface area contributed by atoms with E-state index < -0.39 is 5.82 Å². The molecule has 0 bridgehead atoms. The van der Waals surface area contributed by atoms with Crippen LogP contribution in [-0.4, -0.2) is 11.7 Å². The van der Waals surface area contributed by atoms with Crippen LogP contribution in [0.15, 0.2) is 36.4 Å². The number of phenols is 1. The Kier molecular flexibility index (Phi) is 5.45. The van der Waals surface area contributed by atoms with Crippen LogP contribution in [0.5, 0.6) is 11.5 Å². The molecule has 0 heterocycles. The van der Waals surface area contributed by atoms with E-state index in [1.807, 2.05) is 12.1 Å². The van der Waals surface area contributed by atoms with Crippen LogP contribution < -0.4 is 4.74 Å². The van der Waals surface area contributed by atoms with Gasteiger partial charge < -0.3 is 9.84 Å². The van der Waals surface area contributed by atoms with Crippen molar-refractivity contribution in [1.29, 1.82) is 0 Å². The number of rotatable bonds is 6. The Bertz CT molecular complexity index is 614. The van der Waals surface area contributed by atoms with Crippen LogP contribution >= 0.6 is 11.6 Å². The third-order valence-electron chi connectivity index (χ3n) is 3.20. The van der Waals surface area contributed by atoms with Gasteiger partial charge in [0.2, 0.25) is 0 Å². The Morgan fingerprint density at radius 3 is 2.67 bits per heavy atom. The Morgan fingerprint density at radius 1 is 1.14 bits per heavy atom. The number of unbranched alkanes of at least 4 members (excludes halogenated alkanes) is 1. The summed E-state index contributed by atoms with van der Waals surface area (Å²) in [6, 6.07) is 9.40. The van der Waals surface area contributed by atoms with Gasteiger partial charge in [-0.1, -0.05) is 25.5 Å². The highest BCUT2D eigenvalue weighted by Crippen LogP contribution is 2.35. The van der Waals surface area contributed by atoms with E-state index in [4.69, 9.17) is 16.3 Å². The van der Waals surface area contributed by atoms with E-state index in [0.717, 1.165) is 18.4 Å². The molecule has 0 radical (unpaired) electrons. The van der Waals surface area contributed by atoms with E-state index in [-0.39, 0.29) is 5.75 Å². The topological polar surface area (TPSA) is 29.5 Å². The molecule has 0 aliphatic heterocycles. The largest absolute Gasteiger partial charge is 0.508 e. The van der Waals surface area contributed by atoms with Crippen LogP contribution in [0.1, 0.15) is 25.3 Å². The maximum absolute atomic E-state index is 14.0. The first kappa shape index (κ1) is 15.6. The van der Waals surface area contributed by atoms with Gasteiger partial charge in [0.15, 0.2) is 0 Å². The van der Waals surface area contributed by atoms with Crippen LogP contribution in [0.3, 0.4) is 0 Å². The van der Waals surface area contributed by atoms with Gasteiger partial charge in [-0.25, -0.2) is 4.39 Å². The van der Waals surface area contributed by atoms with Crippen molar-refractivity contribution < 1.29 is 14.2 Å². The lowest BCUT2D eigenvalue weighted by Gasteiger charge is -2.13. The minimum absolute atomic E-state index is 0.0207. The molecule has 2 nitrogen and oxygen atoms in total. The monoisotopic (exact) mass is 308 g/mol. The summed E-state index contributed by atoms with van der Waals surface area (Å²) < 4.78 is 19.8. The quantitative estimate of drug-likeness (QED) is 0.593. The first-order valence-corrected chi connectivity index (χ1v) is 7.49. The molecule has 2 rings (SSSR count). The SMILES string of the molecule is CCCCOc1cc(CCl)ccc1-c1cc(O)ccc1F. The number of hydrogen-bond acceptors (Lipinski definition) is 2. The molecule has 0 aliphatic carbocycles. The van der Waals surface area contributed by atoms with E-state index >= 15 is 0 Å². The molecule has 112 valence electrons. The lowest BCUT2D eigenvalue weighted by atomic mass is 10.0.